The smallest absolute Gasteiger partial charge is 0.410 e. The number of fused-ring (bicyclic) bond motifs is 1. The second kappa shape index (κ2) is 5.13. The molecule has 1 unspecified atom stereocenters. The number of rotatable bonds is 4. The maximum absolute atomic E-state index is 12.9. The SMILES string of the molecule is CCOc1cccc2c1ccn2C(CN)C(F)(F)F. The van der Waals surface area contributed by atoms with Gasteiger partial charge in [0.05, 0.1) is 12.1 Å². The number of aromatic nitrogens is 1. The fourth-order valence-electron chi connectivity index (χ4n) is 2.12. The van der Waals surface area contributed by atoms with Gasteiger partial charge in [0.2, 0.25) is 0 Å². The average Bonchev–Trinajstić information content (AvgIpc) is 2.74. The first-order chi connectivity index (χ1) is 8.99. The maximum atomic E-state index is 12.9. The summed E-state index contributed by atoms with van der Waals surface area (Å²) < 4.78 is 45.3. The number of ether oxygens (including phenoxy) is 1. The van der Waals surface area contributed by atoms with Gasteiger partial charge < -0.3 is 15.0 Å². The minimum absolute atomic E-state index is 0.462. The van der Waals surface area contributed by atoms with Gasteiger partial charge in [-0.05, 0) is 25.1 Å². The van der Waals surface area contributed by atoms with E-state index in [4.69, 9.17) is 10.5 Å². The molecule has 1 heterocycles. The van der Waals surface area contributed by atoms with Crippen LogP contribution in [0.4, 0.5) is 13.2 Å². The molecular formula is C13H15F3N2O. The van der Waals surface area contributed by atoms with Crippen LogP contribution in [-0.2, 0) is 0 Å². The second-order valence-corrected chi connectivity index (χ2v) is 4.14. The van der Waals surface area contributed by atoms with Crippen LogP contribution in [0.25, 0.3) is 10.9 Å². The Bertz CT molecular complexity index is 563. The van der Waals surface area contributed by atoms with E-state index >= 15 is 0 Å². The lowest BCUT2D eigenvalue weighted by Gasteiger charge is -2.21. The van der Waals surface area contributed by atoms with Crippen LogP contribution in [0, 0.1) is 0 Å². The topological polar surface area (TPSA) is 40.2 Å². The van der Waals surface area contributed by atoms with Crippen molar-refractivity contribution in [1.82, 2.24) is 4.57 Å². The van der Waals surface area contributed by atoms with Crippen LogP contribution < -0.4 is 10.5 Å². The summed E-state index contributed by atoms with van der Waals surface area (Å²) in [5.74, 6) is 0.580. The molecule has 0 saturated heterocycles. The van der Waals surface area contributed by atoms with Crippen molar-refractivity contribution in [2.24, 2.45) is 5.73 Å². The van der Waals surface area contributed by atoms with Crippen LogP contribution >= 0.6 is 0 Å². The van der Waals surface area contributed by atoms with Crippen molar-refractivity contribution in [3.8, 4) is 5.75 Å². The lowest BCUT2D eigenvalue weighted by Crippen LogP contribution is -2.32. The highest BCUT2D eigenvalue weighted by Gasteiger charge is 2.40. The van der Waals surface area contributed by atoms with Gasteiger partial charge >= 0.3 is 6.18 Å². The molecule has 6 heteroatoms. The van der Waals surface area contributed by atoms with Crippen molar-refractivity contribution in [3.63, 3.8) is 0 Å². The zero-order valence-electron chi connectivity index (χ0n) is 10.4. The Hall–Kier alpha value is -1.69. The van der Waals surface area contributed by atoms with Gasteiger partial charge in [0.1, 0.15) is 11.8 Å². The van der Waals surface area contributed by atoms with E-state index in [1.807, 2.05) is 6.92 Å². The summed E-state index contributed by atoms with van der Waals surface area (Å²) in [6.07, 6.45) is -2.97. The molecule has 0 aliphatic carbocycles. The van der Waals surface area contributed by atoms with E-state index in [2.05, 4.69) is 0 Å². The molecule has 0 amide bonds. The summed E-state index contributed by atoms with van der Waals surface area (Å²) in [6, 6.07) is 4.94. The third kappa shape index (κ3) is 2.53. The molecule has 19 heavy (non-hydrogen) atoms. The van der Waals surface area contributed by atoms with E-state index in [0.717, 1.165) is 4.57 Å². The number of nitrogens with zero attached hydrogens (tertiary/aromatic N) is 1. The molecule has 2 aromatic rings. The van der Waals surface area contributed by atoms with Crippen LogP contribution in [-0.4, -0.2) is 23.9 Å². The predicted molar refractivity (Wildman–Crippen MR) is 67.3 cm³/mol. The second-order valence-electron chi connectivity index (χ2n) is 4.14. The van der Waals surface area contributed by atoms with Crippen LogP contribution in [0.2, 0.25) is 0 Å². The number of benzene rings is 1. The summed E-state index contributed by atoms with van der Waals surface area (Å²) in [4.78, 5) is 0. The summed E-state index contributed by atoms with van der Waals surface area (Å²) in [5.41, 5.74) is 5.74. The van der Waals surface area contributed by atoms with Gasteiger partial charge in [-0.15, -0.1) is 0 Å². The first kappa shape index (κ1) is 13.7. The van der Waals surface area contributed by atoms with Gasteiger partial charge in [-0.3, -0.25) is 0 Å². The molecule has 2 rings (SSSR count). The summed E-state index contributed by atoms with van der Waals surface area (Å²) in [5, 5.41) is 0.659. The molecule has 104 valence electrons. The van der Waals surface area contributed by atoms with E-state index in [1.165, 1.54) is 6.20 Å². The molecule has 0 spiro atoms. The molecule has 2 N–H and O–H groups in total. The van der Waals surface area contributed by atoms with Gasteiger partial charge in [0.15, 0.2) is 0 Å². The maximum Gasteiger partial charge on any atom is 0.410 e. The van der Waals surface area contributed by atoms with Crippen molar-refractivity contribution >= 4 is 10.9 Å². The molecule has 0 saturated carbocycles. The Balaban J connectivity index is 2.54. The fourth-order valence-corrected chi connectivity index (χ4v) is 2.12. The van der Waals surface area contributed by atoms with E-state index in [1.54, 1.807) is 24.3 Å². The normalized spacial score (nSPS) is 13.7. The van der Waals surface area contributed by atoms with Crippen LogP contribution in [0.15, 0.2) is 30.5 Å². The minimum Gasteiger partial charge on any atom is -0.493 e. The van der Waals surface area contributed by atoms with Crippen molar-refractivity contribution < 1.29 is 17.9 Å². The van der Waals surface area contributed by atoms with E-state index in [9.17, 15) is 13.2 Å². The molecular weight excluding hydrogens is 257 g/mol. The molecule has 0 radical (unpaired) electrons. The van der Waals surface area contributed by atoms with Gasteiger partial charge in [-0.25, -0.2) is 0 Å². The zero-order chi connectivity index (χ0) is 14.0. The lowest BCUT2D eigenvalue weighted by atomic mass is 10.2. The highest BCUT2D eigenvalue weighted by molar-refractivity contribution is 5.86. The van der Waals surface area contributed by atoms with Crippen molar-refractivity contribution in [1.29, 1.82) is 0 Å². The van der Waals surface area contributed by atoms with Crippen LogP contribution in [0.1, 0.15) is 13.0 Å². The first-order valence-electron chi connectivity index (χ1n) is 5.98. The molecule has 1 aromatic carbocycles. The zero-order valence-corrected chi connectivity index (χ0v) is 10.4. The number of halogens is 3. The number of alkyl halides is 3. The van der Waals surface area contributed by atoms with Gasteiger partial charge in [-0.1, -0.05) is 6.07 Å². The largest absolute Gasteiger partial charge is 0.493 e. The molecule has 1 aromatic heterocycles. The third-order valence-corrected chi connectivity index (χ3v) is 2.96. The average molecular weight is 272 g/mol. The van der Waals surface area contributed by atoms with Gasteiger partial charge in [-0.2, -0.15) is 13.2 Å². The van der Waals surface area contributed by atoms with Crippen LogP contribution in [0.3, 0.4) is 0 Å². The Morgan fingerprint density at radius 2 is 2.05 bits per heavy atom. The van der Waals surface area contributed by atoms with E-state index in [0.29, 0.717) is 23.3 Å². The molecule has 0 fully saturated rings. The quantitative estimate of drug-likeness (QED) is 0.929. The monoisotopic (exact) mass is 272 g/mol. The van der Waals surface area contributed by atoms with Crippen LogP contribution in [0.5, 0.6) is 5.75 Å². The fraction of sp³-hybridized carbons (Fsp3) is 0.385. The third-order valence-electron chi connectivity index (χ3n) is 2.96. The van der Waals surface area contributed by atoms with Gasteiger partial charge in [0.25, 0.3) is 0 Å². The van der Waals surface area contributed by atoms with Crippen molar-refractivity contribution in [2.75, 3.05) is 13.2 Å². The molecule has 3 nitrogen and oxygen atoms in total. The minimum atomic E-state index is -4.37. The summed E-state index contributed by atoms with van der Waals surface area (Å²) in [7, 11) is 0. The van der Waals surface area contributed by atoms with Crippen molar-refractivity contribution in [3.05, 3.63) is 30.5 Å². The Morgan fingerprint density at radius 3 is 2.63 bits per heavy atom. The molecule has 0 aliphatic heterocycles. The first-order valence-corrected chi connectivity index (χ1v) is 5.98. The molecule has 1 atom stereocenters. The highest BCUT2D eigenvalue weighted by atomic mass is 19.4. The highest BCUT2D eigenvalue weighted by Crippen LogP contribution is 2.35. The molecule has 0 aliphatic rings. The standard InChI is InChI=1S/C13H15F3N2O/c1-2-19-11-5-3-4-10-9(11)6-7-18(10)12(8-17)13(14,15)16/h3-7,12H,2,8,17H2,1H3. The lowest BCUT2D eigenvalue weighted by molar-refractivity contribution is -0.164. The molecule has 0 bridgehead atoms. The Kier molecular flexibility index (Phi) is 3.71. The summed E-state index contributed by atoms with van der Waals surface area (Å²) >= 11 is 0. The van der Waals surface area contributed by atoms with Gasteiger partial charge in [0, 0.05) is 18.1 Å². The Morgan fingerprint density at radius 1 is 1.32 bits per heavy atom. The number of hydrogen-bond donors (Lipinski definition) is 1. The number of hydrogen-bond acceptors (Lipinski definition) is 2. The summed E-state index contributed by atoms with van der Waals surface area (Å²) in [6.45, 7) is 1.80. The van der Waals surface area contributed by atoms with E-state index < -0.39 is 18.8 Å². The number of nitrogens with two attached hydrogens (primary N) is 1. The van der Waals surface area contributed by atoms with E-state index in [-0.39, 0.29) is 0 Å². The predicted octanol–water partition coefficient (Wildman–Crippen LogP) is 3.10. The Labute approximate surface area is 108 Å². The van der Waals surface area contributed by atoms with Crippen molar-refractivity contribution in [2.45, 2.75) is 19.1 Å².